The molecule has 1 nitrogen and oxygen atoms in total. The van der Waals surface area contributed by atoms with Crippen LogP contribution in [0.3, 0.4) is 0 Å². The Morgan fingerprint density at radius 2 is 0.968 bits per heavy atom. The van der Waals surface area contributed by atoms with E-state index in [4.69, 9.17) is 0 Å². The highest BCUT2D eigenvalue weighted by atomic mass is 15.1. The van der Waals surface area contributed by atoms with Crippen LogP contribution in [0.5, 0.6) is 0 Å². The van der Waals surface area contributed by atoms with Gasteiger partial charge in [0, 0.05) is 22.5 Å². The average Bonchev–Trinajstić information content (AvgIpc) is 3.53. The van der Waals surface area contributed by atoms with Gasteiger partial charge in [0.05, 0.1) is 0 Å². The summed E-state index contributed by atoms with van der Waals surface area (Å²) in [7, 11) is 0. The molecule has 0 bridgehead atoms. The molecule has 9 aromatic carbocycles. The number of aryl methyl sites for hydroxylation is 1. The highest BCUT2D eigenvalue weighted by Crippen LogP contribution is 2.52. The summed E-state index contributed by atoms with van der Waals surface area (Å²) in [4.78, 5) is 2.38. The average molecular weight is 810 g/mol. The Balaban J connectivity index is 1.07. The normalized spacial score (nSPS) is 13.3. The predicted molar refractivity (Wildman–Crippen MR) is 271 cm³/mol. The largest absolute Gasteiger partial charge is 0.310 e. The highest BCUT2D eigenvalue weighted by Gasteiger charge is 2.37. The Labute approximate surface area is 373 Å². The number of rotatable bonds is 9. The molecule has 304 valence electrons. The molecule has 0 N–H and O–H groups in total. The van der Waals surface area contributed by atoms with Crippen molar-refractivity contribution in [3.63, 3.8) is 0 Å². The van der Waals surface area contributed by atoms with Gasteiger partial charge in [-0.05, 0) is 146 Å². The van der Waals surface area contributed by atoms with Crippen molar-refractivity contribution in [3.05, 3.63) is 246 Å². The molecule has 9 aromatic rings. The van der Waals surface area contributed by atoms with Gasteiger partial charge in [-0.3, -0.25) is 0 Å². The Morgan fingerprint density at radius 1 is 0.429 bits per heavy atom. The van der Waals surface area contributed by atoms with Crippen LogP contribution in [0, 0.1) is 6.92 Å². The monoisotopic (exact) mass is 809 g/mol. The van der Waals surface area contributed by atoms with Crippen molar-refractivity contribution in [2.45, 2.75) is 40.0 Å². The first-order valence-electron chi connectivity index (χ1n) is 22.1. The summed E-state index contributed by atoms with van der Waals surface area (Å²) in [6.07, 6.45) is 2.32. The lowest BCUT2D eigenvalue weighted by molar-refractivity contribution is 0.638. The molecule has 0 aliphatic heterocycles. The lowest BCUT2D eigenvalue weighted by Gasteiger charge is -2.26. The first-order valence-corrected chi connectivity index (χ1v) is 22.1. The molecule has 0 saturated carbocycles. The SMILES string of the molecule is C/C=C(\C1=C(C)C(C)(C)c2cc(C)ccc21)c1cc(-c2ccc(N(c3ccc(-c4cccc5ccccc45)cc3)c3cccc(-c4ccccc4)c3)cc2)ccc1-c1ccccc1. The van der Waals surface area contributed by atoms with E-state index >= 15 is 0 Å². The van der Waals surface area contributed by atoms with Gasteiger partial charge in [-0.2, -0.15) is 0 Å². The van der Waals surface area contributed by atoms with E-state index in [2.05, 4.69) is 258 Å². The van der Waals surface area contributed by atoms with E-state index in [1.807, 2.05) is 0 Å². The molecule has 10 rings (SSSR count). The molecule has 0 radical (unpaired) electrons. The minimum absolute atomic E-state index is 0.0615. The summed E-state index contributed by atoms with van der Waals surface area (Å²) in [5.74, 6) is 0. The summed E-state index contributed by atoms with van der Waals surface area (Å²) < 4.78 is 0. The summed E-state index contributed by atoms with van der Waals surface area (Å²) in [5, 5.41) is 2.51. The van der Waals surface area contributed by atoms with E-state index in [-0.39, 0.29) is 5.41 Å². The quantitative estimate of drug-likeness (QED) is 0.140. The molecule has 1 heteroatoms. The van der Waals surface area contributed by atoms with Crippen LogP contribution in [-0.4, -0.2) is 0 Å². The van der Waals surface area contributed by atoms with Crippen LogP contribution in [0.4, 0.5) is 17.1 Å². The molecule has 0 heterocycles. The van der Waals surface area contributed by atoms with E-state index in [9.17, 15) is 0 Å². The van der Waals surface area contributed by atoms with Gasteiger partial charge in [0.15, 0.2) is 0 Å². The second kappa shape index (κ2) is 16.4. The van der Waals surface area contributed by atoms with Crippen molar-refractivity contribution >= 4 is 39.0 Å². The number of fused-ring (bicyclic) bond motifs is 2. The van der Waals surface area contributed by atoms with Crippen LogP contribution in [0.1, 0.15) is 49.9 Å². The summed E-state index contributed by atoms with van der Waals surface area (Å²) in [5.41, 5.74) is 22.2. The molecule has 0 aromatic heterocycles. The van der Waals surface area contributed by atoms with Crippen molar-refractivity contribution in [3.8, 4) is 44.5 Å². The minimum atomic E-state index is -0.0615. The maximum atomic E-state index is 2.42. The van der Waals surface area contributed by atoms with Crippen molar-refractivity contribution in [2.75, 3.05) is 4.90 Å². The first kappa shape index (κ1) is 39.6. The van der Waals surface area contributed by atoms with Gasteiger partial charge in [0.25, 0.3) is 0 Å². The topological polar surface area (TPSA) is 3.24 Å². The van der Waals surface area contributed by atoms with Crippen LogP contribution < -0.4 is 4.90 Å². The van der Waals surface area contributed by atoms with Crippen LogP contribution in [0.25, 0.3) is 66.4 Å². The third-order valence-electron chi connectivity index (χ3n) is 13.3. The van der Waals surface area contributed by atoms with Gasteiger partial charge in [0.1, 0.15) is 0 Å². The van der Waals surface area contributed by atoms with Gasteiger partial charge >= 0.3 is 0 Å². The fraction of sp³-hybridized carbons (Fsp3) is 0.0968. The zero-order chi connectivity index (χ0) is 43.1. The summed E-state index contributed by atoms with van der Waals surface area (Å²) in [6, 6.07) is 77.7. The molecular formula is C62H51N. The van der Waals surface area contributed by atoms with Crippen LogP contribution in [0.2, 0.25) is 0 Å². The van der Waals surface area contributed by atoms with Crippen LogP contribution in [0.15, 0.2) is 224 Å². The van der Waals surface area contributed by atoms with Crippen molar-refractivity contribution in [1.82, 2.24) is 0 Å². The Morgan fingerprint density at radius 3 is 1.68 bits per heavy atom. The van der Waals surface area contributed by atoms with E-state index in [1.54, 1.807) is 0 Å². The molecule has 0 unspecified atom stereocenters. The lowest BCUT2D eigenvalue weighted by Crippen LogP contribution is -2.15. The zero-order valence-corrected chi connectivity index (χ0v) is 36.7. The molecule has 0 saturated heterocycles. The Hall–Kier alpha value is -7.48. The number of allylic oxidation sites excluding steroid dienone is 4. The first-order chi connectivity index (χ1) is 30.8. The zero-order valence-electron chi connectivity index (χ0n) is 36.7. The number of nitrogens with zero attached hydrogens (tertiary/aromatic N) is 1. The predicted octanol–water partition coefficient (Wildman–Crippen LogP) is 17.5. The maximum Gasteiger partial charge on any atom is 0.0467 e. The van der Waals surface area contributed by atoms with E-state index < -0.39 is 0 Å². The number of anilines is 3. The van der Waals surface area contributed by atoms with Gasteiger partial charge in [-0.1, -0.05) is 201 Å². The summed E-state index contributed by atoms with van der Waals surface area (Å²) in [6.45, 7) is 11.5. The highest BCUT2D eigenvalue weighted by molar-refractivity contribution is 6.12. The molecule has 1 aliphatic carbocycles. The maximum absolute atomic E-state index is 2.42. The third kappa shape index (κ3) is 7.30. The molecule has 63 heavy (non-hydrogen) atoms. The number of hydrogen-bond donors (Lipinski definition) is 0. The van der Waals surface area contributed by atoms with E-state index in [0.29, 0.717) is 0 Å². The number of hydrogen-bond acceptors (Lipinski definition) is 1. The lowest BCUT2D eigenvalue weighted by atomic mass is 9.81. The fourth-order valence-corrected chi connectivity index (χ4v) is 9.68. The standard InChI is InChI=1S/C62H51N/c1-6-54(61-43(3)62(4,5)60-39-42(2)27-37-58(60)61)59-41-50(32-38-57(59)46-19-11-8-12-20-46)45-28-33-51(34-29-45)63(53-24-15-23-49(40-53)44-17-9-7-10-18-44)52-35-30-48(31-36-52)56-26-16-22-47-21-13-14-25-55(47)56/h6-41H,1-5H3/b54-6-. The minimum Gasteiger partial charge on any atom is -0.310 e. The van der Waals surface area contributed by atoms with E-state index in [0.717, 1.165) is 17.1 Å². The second-order valence-corrected chi connectivity index (χ2v) is 17.4. The third-order valence-corrected chi connectivity index (χ3v) is 13.3. The molecule has 1 aliphatic rings. The fourth-order valence-electron chi connectivity index (χ4n) is 9.68. The Bertz CT molecular complexity index is 3180. The van der Waals surface area contributed by atoms with Gasteiger partial charge < -0.3 is 4.90 Å². The number of benzene rings is 9. The summed E-state index contributed by atoms with van der Waals surface area (Å²) >= 11 is 0. The molecule has 0 atom stereocenters. The molecule has 0 spiro atoms. The molecule has 0 amide bonds. The van der Waals surface area contributed by atoms with Crippen LogP contribution >= 0.6 is 0 Å². The smallest absolute Gasteiger partial charge is 0.0467 e. The van der Waals surface area contributed by atoms with Crippen molar-refractivity contribution in [1.29, 1.82) is 0 Å². The molecular weight excluding hydrogens is 759 g/mol. The van der Waals surface area contributed by atoms with Crippen molar-refractivity contribution in [2.24, 2.45) is 0 Å². The van der Waals surface area contributed by atoms with Gasteiger partial charge in [0.2, 0.25) is 0 Å². The van der Waals surface area contributed by atoms with Crippen molar-refractivity contribution < 1.29 is 0 Å². The van der Waals surface area contributed by atoms with Gasteiger partial charge in [-0.15, -0.1) is 0 Å². The van der Waals surface area contributed by atoms with Crippen LogP contribution in [-0.2, 0) is 5.41 Å². The molecule has 0 fully saturated rings. The second-order valence-electron chi connectivity index (χ2n) is 17.4. The van der Waals surface area contributed by atoms with Gasteiger partial charge in [-0.25, -0.2) is 0 Å². The van der Waals surface area contributed by atoms with E-state index in [1.165, 1.54) is 94.3 Å². The Kier molecular flexibility index (Phi) is 10.3.